The summed E-state index contributed by atoms with van der Waals surface area (Å²) in [5.74, 6) is 2.26. The predicted molar refractivity (Wildman–Crippen MR) is 83.0 cm³/mol. The van der Waals surface area contributed by atoms with Crippen molar-refractivity contribution in [1.29, 1.82) is 0 Å². The van der Waals surface area contributed by atoms with E-state index in [-0.39, 0.29) is 11.9 Å². The molecule has 22 heavy (non-hydrogen) atoms. The summed E-state index contributed by atoms with van der Waals surface area (Å²) >= 11 is 1.16. The molecule has 1 aliphatic rings. The van der Waals surface area contributed by atoms with Crippen molar-refractivity contribution in [2.75, 3.05) is 0 Å². The molecule has 0 unspecified atom stereocenters. The van der Waals surface area contributed by atoms with Crippen LogP contribution in [0.25, 0.3) is 0 Å². The topological polar surface area (TPSA) is 85.6 Å². The van der Waals surface area contributed by atoms with Crippen LogP contribution in [0, 0.1) is 0 Å². The molecule has 118 valence electrons. The molecule has 2 aromatic heterocycles. The monoisotopic (exact) mass is 320 g/mol. The third kappa shape index (κ3) is 2.75. The zero-order chi connectivity index (χ0) is 15.7. The number of carbonyl (C=O) groups excluding carboxylic acids is 1. The third-order valence-electron chi connectivity index (χ3n) is 3.92. The van der Waals surface area contributed by atoms with E-state index in [1.165, 1.54) is 0 Å². The van der Waals surface area contributed by atoms with E-state index in [0.717, 1.165) is 54.7 Å². The Morgan fingerprint density at radius 1 is 1.41 bits per heavy atom. The molecule has 2 aromatic rings. The molecule has 3 rings (SSSR count). The van der Waals surface area contributed by atoms with E-state index in [2.05, 4.69) is 43.5 Å². The van der Waals surface area contributed by atoms with Crippen LogP contribution in [-0.2, 0) is 19.4 Å². The van der Waals surface area contributed by atoms with Gasteiger partial charge in [0.15, 0.2) is 0 Å². The summed E-state index contributed by atoms with van der Waals surface area (Å²) in [6.45, 7) is 6.92. The molecule has 0 spiro atoms. The van der Waals surface area contributed by atoms with Crippen molar-refractivity contribution in [2.24, 2.45) is 0 Å². The van der Waals surface area contributed by atoms with Crippen LogP contribution in [-0.4, -0.2) is 36.3 Å². The highest BCUT2D eigenvalue weighted by molar-refractivity contribution is 7.08. The predicted octanol–water partition coefficient (Wildman–Crippen LogP) is 1.56. The lowest BCUT2D eigenvalue weighted by Gasteiger charge is -2.25. The minimum atomic E-state index is -0.0699. The maximum absolute atomic E-state index is 12.4. The number of hydrogen-bond donors (Lipinski definition) is 1. The van der Waals surface area contributed by atoms with E-state index in [9.17, 15) is 4.79 Å². The summed E-state index contributed by atoms with van der Waals surface area (Å²) in [6, 6.07) is 0.0975. The number of nitrogens with zero attached hydrogens (tertiary/aromatic N) is 5. The number of carbonyl (C=O) groups is 1. The fourth-order valence-electron chi connectivity index (χ4n) is 2.76. The molecule has 0 fully saturated rings. The standard InChI is InChI=1S/C14H20N6OS/c1-4-10-12(22-19-16-10)14(21)15-9-5-6-11-17-18-13(8(2)3)20(11)7-9/h8-9H,4-7H2,1-3H3,(H,15,21)/t9-/m1/s1. The van der Waals surface area contributed by atoms with Gasteiger partial charge >= 0.3 is 0 Å². The van der Waals surface area contributed by atoms with Gasteiger partial charge in [-0.25, -0.2) is 0 Å². The number of hydrogen-bond acceptors (Lipinski definition) is 6. The van der Waals surface area contributed by atoms with Crippen molar-refractivity contribution in [3.63, 3.8) is 0 Å². The van der Waals surface area contributed by atoms with E-state index in [0.29, 0.717) is 10.8 Å². The van der Waals surface area contributed by atoms with Crippen LogP contribution >= 0.6 is 11.5 Å². The molecule has 0 aliphatic carbocycles. The van der Waals surface area contributed by atoms with Gasteiger partial charge in [-0.3, -0.25) is 4.79 Å². The lowest BCUT2D eigenvalue weighted by molar-refractivity contribution is 0.0930. The summed E-state index contributed by atoms with van der Waals surface area (Å²) in [5.41, 5.74) is 0.770. The molecular formula is C14H20N6OS. The summed E-state index contributed by atoms with van der Waals surface area (Å²) in [6.07, 6.45) is 2.44. The fraction of sp³-hybridized carbons (Fsp3) is 0.643. The Balaban J connectivity index is 1.72. The molecule has 1 amide bonds. The van der Waals surface area contributed by atoms with Gasteiger partial charge in [0.25, 0.3) is 5.91 Å². The molecule has 8 heteroatoms. The van der Waals surface area contributed by atoms with Crippen LogP contribution < -0.4 is 5.32 Å². The lowest BCUT2D eigenvalue weighted by Crippen LogP contribution is -2.41. The van der Waals surface area contributed by atoms with Crippen LogP contribution in [0.1, 0.15) is 60.1 Å². The average molecular weight is 320 g/mol. The highest BCUT2D eigenvalue weighted by atomic mass is 32.1. The van der Waals surface area contributed by atoms with E-state index >= 15 is 0 Å². The molecule has 3 heterocycles. The SMILES string of the molecule is CCc1nnsc1C(=O)N[C@@H]1CCc2nnc(C(C)C)n2C1. The molecule has 1 atom stereocenters. The first-order valence-electron chi connectivity index (χ1n) is 7.64. The minimum Gasteiger partial charge on any atom is -0.347 e. The number of fused-ring (bicyclic) bond motifs is 1. The van der Waals surface area contributed by atoms with E-state index in [1.54, 1.807) is 0 Å². The van der Waals surface area contributed by atoms with Crippen LogP contribution in [0.5, 0.6) is 0 Å². The average Bonchev–Trinajstić information content (AvgIpc) is 3.13. The molecule has 0 radical (unpaired) electrons. The van der Waals surface area contributed by atoms with Crippen molar-refractivity contribution < 1.29 is 4.79 Å². The first-order valence-corrected chi connectivity index (χ1v) is 8.41. The van der Waals surface area contributed by atoms with Crippen LogP contribution in [0.2, 0.25) is 0 Å². The van der Waals surface area contributed by atoms with Gasteiger partial charge in [-0.05, 0) is 24.4 Å². The number of aryl methyl sites for hydroxylation is 2. The number of rotatable bonds is 4. The maximum Gasteiger partial charge on any atom is 0.265 e. The van der Waals surface area contributed by atoms with Gasteiger partial charge in [0, 0.05) is 24.9 Å². The molecular weight excluding hydrogens is 300 g/mol. The Labute approximate surface area is 133 Å². The first kappa shape index (κ1) is 15.1. The quantitative estimate of drug-likeness (QED) is 0.924. The van der Waals surface area contributed by atoms with Crippen molar-refractivity contribution >= 4 is 17.4 Å². The van der Waals surface area contributed by atoms with Gasteiger partial charge < -0.3 is 9.88 Å². The second kappa shape index (κ2) is 6.12. The number of nitrogens with one attached hydrogen (secondary N) is 1. The Morgan fingerprint density at radius 2 is 2.23 bits per heavy atom. The zero-order valence-electron chi connectivity index (χ0n) is 13.0. The minimum absolute atomic E-state index is 0.0699. The Kier molecular flexibility index (Phi) is 4.19. The Bertz CT molecular complexity index is 677. The number of amides is 1. The normalized spacial score (nSPS) is 17.5. The van der Waals surface area contributed by atoms with E-state index < -0.39 is 0 Å². The summed E-state index contributed by atoms with van der Waals surface area (Å²) in [5, 5.41) is 15.6. The summed E-state index contributed by atoms with van der Waals surface area (Å²) in [7, 11) is 0. The Morgan fingerprint density at radius 3 is 2.95 bits per heavy atom. The van der Waals surface area contributed by atoms with E-state index in [1.807, 2.05) is 6.92 Å². The van der Waals surface area contributed by atoms with Crippen molar-refractivity contribution in [2.45, 2.75) is 58.5 Å². The zero-order valence-corrected chi connectivity index (χ0v) is 13.9. The first-order chi connectivity index (χ1) is 10.6. The molecule has 0 saturated carbocycles. The van der Waals surface area contributed by atoms with Crippen LogP contribution in [0.3, 0.4) is 0 Å². The Hall–Kier alpha value is -1.83. The lowest BCUT2D eigenvalue weighted by atomic mass is 10.1. The van der Waals surface area contributed by atoms with Gasteiger partial charge in [0.1, 0.15) is 16.5 Å². The molecule has 0 bridgehead atoms. The second-order valence-corrected chi connectivity index (χ2v) is 6.61. The van der Waals surface area contributed by atoms with Gasteiger partial charge in [-0.1, -0.05) is 25.3 Å². The van der Waals surface area contributed by atoms with Crippen LogP contribution in [0.15, 0.2) is 0 Å². The fourth-order valence-corrected chi connectivity index (χ4v) is 3.41. The molecule has 1 N–H and O–H groups in total. The highest BCUT2D eigenvalue weighted by Gasteiger charge is 2.26. The largest absolute Gasteiger partial charge is 0.347 e. The second-order valence-electron chi connectivity index (χ2n) is 5.85. The van der Waals surface area contributed by atoms with Crippen molar-refractivity contribution in [3.8, 4) is 0 Å². The van der Waals surface area contributed by atoms with Crippen molar-refractivity contribution in [1.82, 2.24) is 29.7 Å². The molecule has 7 nitrogen and oxygen atoms in total. The highest BCUT2D eigenvalue weighted by Crippen LogP contribution is 2.20. The van der Waals surface area contributed by atoms with Gasteiger partial charge in [-0.15, -0.1) is 15.3 Å². The maximum atomic E-state index is 12.4. The summed E-state index contributed by atoms with van der Waals surface area (Å²) in [4.78, 5) is 13.0. The molecule has 0 saturated heterocycles. The summed E-state index contributed by atoms with van der Waals surface area (Å²) < 4.78 is 6.02. The van der Waals surface area contributed by atoms with Gasteiger partial charge in [-0.2, -0.15) is 0 Å². The van der Waals surface area contributed by atoms with Crippen LogP contribution in [0.4, 0.5) is 0 Å². The smallest absolute Gasteiger partial charge is 0.265 e. The molecule has 1 aliphatic heterocycles. The number of aromatic nitrogens is 5. The third-order valence-corrected chi connectivity index (χ3v) is 4.69. The van der Waals surface area contributed by atoms with Gasteiger partial charge in [0.2, 0.25) is 0 Å². The molecule has 0 aromatic carbocycles. The van der Waals surface area contributed by atoms with E-state index in [4.69, 9.17) is 0 Å². The van der Waals surface area contributed by atoms with Crippen molar-refractivity contribution in [3.05, 3.63) is 22.2 Å². The van der Waals surface area contributed by atoms with Gasteiger partial charge in [0.05, 0.1) is 5.69 Å².